The zero-order chi connectivity index (χ0) is 51.0. The van der Waals surface area contributed by atoms with Crippen LogP contribution in [-0.4, -0.2) is 67.6 Å². The average molecular weight is 996 g/mol. The highest BCUT2D eigenvalue weighted by molar-refractivity contribution is 7.00. The first-order valence-electron chi connectivity index (χ1n) is 24.2. The maximum Gasteiger partial charge on any atom is 0.308 e. The van der Waals surface area contributed by atoms with Gasteiger partial charge < -0.3 is 36.7 Å². The minimum Gasteiger partial charge on any atom is -0.460 e. The zero-order valence-corrected chi connectivity index (χ0v) is 44.9. The number of methoxy groups -OCH3 is 1. The molecule has 12 nitrogen and oxygen atoms in total. The number of hydrogen-bond donors (Lipinski definition) is 1. The molecule has 0 saturated carbocycles. The summed E-state index contributed by atoms with van der Waals surface area (Å²) < 4.78 is 43.9. The number of nitrogens with zero attached hydrogens (tertiary/aromatic N) is 3. The molecule has 4 atom stereocenters. The summed E-state index contributed by atoms with van der Waals surface area (Å²) in [6.07, 6.45) is 6.23. The van der Waals surface area contributed by atoms with Crippen LogP contribution < -0.4 is 20.7 Å². The van der Waals surface area contributed by atoms with E-state index in [0.29, 0.717) is 29.4 Å². The average Bonchev–Trinajstić information content (AvgIpc) is 4.13. The first kappa shape index (κ1) is 52.8. The van der Waals surface area contributed by atoms with E-state index in [0.717, 1.165) is 20.7 Å². The molecule has 4 aromatic carbocycles. The second-order valence-corrected chi connectivity index (χ2v) is 29.6. The molecular weight excluding hydrogens is 927 g/mol. The predicted molar refractivity (Wildman–Crippen MR) is 282 cm³/mol. The molecule has 71 heavy (non-hydrogen) atoms. The van der Waals surface area contributed by atoms with Gasteiger partial charge in [-0.15, -0.1) is 0 Å². The lowest BCUT2D eigenvalue weighted by Crippen LogP contribution is -2.67. The highest BCUT2D eigenvalue weighted by Gasteiger charge is 2.52. The fourth-order valence-electron chi connectivity index (χ4n) is 9.44. The van der Waals surface area contributed by atoms with Gasteiger partial charge in [0, 0.05) is 13.0 Å². The van der Waals surface area contributed by atoms with Crippen molar-refractivity contribution >= 4 is 43.4 Å². The Morgan fingerprint density at radius 3 is 1.61 bits per heavy atom. The zero-order valence-electron chi connectivity index (χ0n) is 42.9. The van der Waals surface area contributed by atoms with E-state index >= 15 is 0 Å². The van der Waals surface area contributed by atoms with Gasteiger partial charge in [0.05, 0.1) is 18.6 Å². The van der Waals surface area contributed by atoms with Crippen molar-refractivity contribution in [1.29, 1.82) is 0 Å². The molecule has 374 valence electrons. The lowest BCUT2D eigenvalue weighted by molar-refractivity contribution is -0.156. The van der Waals surface area contributed by atoms with Gasteiger partial charge in [-0.3, -0.25) is 4.79 Å². The summed E-state index contributed by atoms with van der Waals surface area (Å²) in [6.45, 7) is 20.9. The Morgan fingerprint density at radius 2 is 1.11 bits per heavy atom. The Hall–Kier alpha value is -6.01. The first-order chi connectivity index (χ1) is 33.8. The van der Waals surface area contributed by atoms with Crippen LogP contribution in [0.4, 0.5) is 0 Å². The van der Waals surface area contributed by atoms with Crippen LogP contribution in [0.1, 0.15) is 99.8 Å². The minimum atomic E-state index is -3.05. The van der Waals surface area contributed by atoms with E-state index in [9.17, 15) is 9.90 Å². The maximum absolute atomic E-state index is 13.5. The molecule has 3 aromatic heterocycles. The molecule has 0 aliphatic carbocycles. The van der Waals surface area contributed by atoms with E-state index in [2.05, 4.69) is 119 Å². The van der Waals surface area contributed by atoms with Crippen LogP contribution in [0.25, 0.3) is 23.2 Å². The molecule has 0 radical (unpaired) electrons. The fourth-order valence-corrected chi connectivity index (χ4v) is 18.6. The Kier molecular flexibility index (Phi) is 16.5. The van der Waals surface area contributed by atoms with Gasteiger partial charge in [-0.25, -0.2) is 15.0 Å². The number of carbonyl (C=O) groups excluding carboxylic acids is 1. The Morgan fingerprint density at radius 1 is 0.648 bits per heavy atom. The maximum atomic E-state index is 13.5. The number of aliphatic hydroxyl groups excluding tert-OH is 1. The van der Waals surface area contributed by atoms with Gasteiger partial charge in [-0.2, -0.15) is 0 Å². The van der Waals surface area contributed by atoms with E-state index in [-0.39, 0.29) is 40.9 Å². The van der Waals surface area contributed by atoms with Gasteiger partial charge in [-0.05, 0) is 58.0 Å². The van der Waals surface area contributed by atoms with Crippen molar-refractivity contribution in [1.82, 2.24) is 15.0 Å². The van der Waals surface area contributed by atoms with Crippen LogP contribution in [0.5, 0.6) is 0 Å². The number of ether oxygens (including phenoxy) is 2. The summed E-state index contributed by atoms with van der Waals surface area (Å²) in [5.41, 5.74) is 0.540. The van der Waals surface area contributed by atoms with Crippen LogP contribution in [0.3, 0.4) is 0 Å². The molecule has 1 unspecified atom stereocenters. The Balaban J connectivity index is 1.05. The van der Waals surface area contributed by atoms with Crippen LogP contribution >= 0.6 is 0 Å². The number of carbonyl (C=O) groups is 1. The molecule has 7 aromatic rings. The highest BCUT2D eigenvalue weighted by atomic mass is 28.4. The van der Waals surface area contributed by atoms with Gasteiger partial charge >= 0.3 is 5.97 Å². The van der Waals surface area contributed by atoms with Crippen LogP contribution in [-0.2, 0) is 29.7 Å². The smallest absolute Gasteiger partial charge is 0.308 e. The van der Waals surface area contributed by atoms with Crippen molar-refractivity contribution in [2.45, 2.75) is 123 Å². The predicted octanol–water partition coefficient (Wildman–Crippen LogP) is 10.4. The summed E-state index contributed by atoms with van der Waals surface area (Å²) in [7, 11) is -4.32. The van der Waals surface area contributed by atoms with Crippen molar-refractivity contribution in [3.63, 3.8) is 0 Å². The van der Waals surface area contributed by atoms with E-state index in [4.69, 9.17) is 41.5 Å². The summed E-state index contributed by atoms with van der Waals surface area (Å²) in [5.74, 6) is -0.00439. The van der Waals surface area contributed by atoms with Gasteiger partial charge in [0.25, 0.3) is 16.6 Å². The van der Waals surface area contributed by atoms with Crippen molar-refractivity contribution in [2.75, 3.05) is 7.11 Å². The fraction of sp³-hybridized carbons (Fsp3) is 0.368. The molecule has 0 saturated heterocycles. The number of esters is 1. The minimum absolute atomic E-state index is 0.0269. The first-order valence-corrected chi connectivity index (χ1v) is 28.1. The third-order valence-corrected chi connectivity index (χ3v) is 22.8. The second kappa shape index (κ2) is 22.2. The molecular formula is C57H69N3O9Si2. The summed E-state index contributed by atoms with van der Waals surface area (Å²) in [4.78, 5) is 27.6. The van der Waals surface area contributed by atoms with Crippen LogP contribution in [0.2, 0.25) is 10.1 Å². The molecule has 0 bridgehead atoms. The largest absolute Gasteiger partial charge is 0.460 e. The quantitative estimate of drug-likeness (QED) is 0.0439. The number of aliphatic hydroxyl groups is 1. The molecule has 0 fully saturated rings. The molecule has 7 rings (SSSR count). The molecule has 0 spiro atoms. The molecule has 1 N–H and O–H groups in total. The van der Waals surface area contributed by atoms with Gasteiger partial charge in [-0.1, -0.05) is 182 Å². The van der Waals surface area contributed by atoms with Crippen LogP contribution in [0, 0.1) is 5.92 Å². The number of hydrogen-bond acceptors (Lipinski definition) is 12. The Bertz CT molecular complexity index is 2710. The van der Waals surface area contributed by atoms with E-state index in [1.807, 2.05) is 82.3 Å². The third-order valence-electron chi connectivity index (χ3n) is 12.7. The lowest BCUT2D eigenvalue weighted by atomic mass is 9.95. The highest BCUT2D eigenvalue weighted by Crippen LogP contribution is 2.40. The number of oxazole rings is 3. The molecule has 14 heteroatoms. The van der Waals surface area contributed by atoms with Crippen molar-refractivity contribution in [2.24, 2.45) is 5.92 Å². The van der Waals surface area contributed by atoms with Crippen LogP contribution in [0.15, 0.2) is 166 Å². The van der Waals surface area contributed by atoms with Crippen molar-refractivity contribution in [3.8, 4) is 23.2 Å². The topological polar surface area (TPSA) is 152 Å². The van der Waals surface area contributed by atoms with E-state index in [1.165, 1.54) is 18.8 Å². The SMILES string of the molecule is CO[C@H](c1coc(-c2coc(-c3coc(CO[Si](c4ccccc4)(c4ccccc4)C(C)(C)C)n3)n2)n1)[C@@H](C)C(O)/C=C/C[C@@H](CC(=O)OC(C)(C)C)O[Si](c1ccccc1)(c1ccccc1)C(C)(C)C. The number of aromatic nitrogens is 3. The third kappa shape index (κ3) is 12.0. The summed E-state index contributed by atoms with van der Waals surface area (Å²) >= 11 is 0. The lowest BCUT2D eigenvalue weighted by Gasteiger charge is -2.45. The molecule has 0 amide bonds. The summed E-state index contributed by atoms with van der Waals surface area (Å²) in [5, 5.41) is 15.6. The van der Waals surface area contributed by atoms with E-state index in [1.54, 1.807) is 13.2 Å². The monoisotopic (exact) mass is 995 g/mol. The number of benzene rings is 4. The van der Waals surface area contributed by atoms with Gasteiger partial charge in [0.1, 0.15) is 42.8 Å². The summed E-state index contributed by atoms with van der Waals surface area (Å²) in [6, 6.07) is 41.4. The molecule has 0 aliphatic heterocycles. The van der Waals surface area contributed by atoms with Gasteiger partial charge in [0.2, 0.25) is 17.7 Å². The van der Waals surface area contributed by atoms with Crippen molar-refractivity contribution < 1.29 is 41.5 Å². The normalized spacial score (nSPS) is 14.6. The molecule has 0 aliphatic rings. The van der Waals surface area contributed by atoms with Crippen molar-refractivity contribution in [3.05, 3.63) is 164 Å². The standard InChI is InChI=1S/C57H69N3O9Si2/c1-40(49(61)34-24-25-41(35-51(62)68-55(2,3)4)69-71(57(8,9)10,44-30-20-14-21-31-44)45-32-22-15-23-33-45)52(63-11)46-36-65-54(59-46)48-38-66-53(60-48)47-37-64-50(58-47)39-67-70(56(5,6)7,42-26-16-12-17-27-42)43-28-18-13-19-29-43/h12-24,26-34,36-38,40-41,49,52,61H,25,35,39H2,1-11H3/b34-24+/t40-,41-,49?,52-/m0/s1. The molecule has 3 heterocycles. The number of rotatable bonds is 20. The van der Waals surface area contributed by atoms with E-state index < -0.39 is 46.5 Å². The second-order valence-electron chi connectivity index (χ2n) is 21.1. The van der Waals surface area contributed by atoms with Gasteiger partial charge in [0.15, 0.2) is 11.4 Å². The Labute approximate surface area is 420 Å².